The van der Waals surface area contributed by atoms with Crippen LogP contribution in [-0.4, -0.2) is 81.4 Å². The zero-order chi connectivity index (χ0) is 25.9. The van der Waals surface area contributed by atoms with E-state index >= 15 is 0 Å². The Morgan fingerprint density at radius 1 is 1.06 bits per heavy atom. The number of benzene rings is 2. The van der Waals surface area contributed by atoms with Crippen molar-refractivity contribution in [3.05, 3.63) is 58.3 Å². The van der Waals surface area contributed by atoms with Gasteiger partial charge < -0.3 is 14.5 Å². The van der Waals surface area contributed by atoms with Gasteiger partial charge in [0.15, 0.2) is 0 Å². The van der Waals surface area contributed by atoms with Crippen molar-refractivity contribution in [2.75, 3.05) is 52.9 Å². The summed E-state index contributed by atoms with van der Waals surface area (Å²) in [5.74, 6) is 0.0576. The van der Waals surface area contributed by atoms with Gasteiger partial charge >= 0.3 is 0 Å². The maximum atomic E-state index is 13.6. The number of hydrogen-bond donors (Lipinski definition) is 0. The maximum absolute atomic E-state index is 13.6. The average molecular weight is 559 g/mol. The first-order valence-corrected chi connectivity index (χ1v) is 14.1. The van der Waals surface area contributed by atoms with Gasteiger partial charge in [-0.15, -0.1) is 0 Å². The van der Waals surface area contributed by atoms with E-state index in [1.165, 1.54) is 40.7 Å². The van der Waals surface area contributed by atoms with Gasteiger partial charge in [0.2, 0.25) is 15.9 Å². The van der Waals surface area contributed by atoms with Crippen LogP contribution in [-0.2, 0) is 14.8 Å². The summed E-state index contributed by atoms with van der Waals surface area (Å²) in [6.45, 7) is 3.35. The monoisotopic (exact) mass is 557 g/mol. The van der Waals surface area contributed by atoms with E-state index in [2.05, 4.69) is 4.90 Å². The lowest BCUT2D eigenvalue weighted by molar-refractivity contribution is -0.136. The summed E-state index contributed by atoms with van der Waals surface area (Å²) >= 11 is 12.4. The van der Waals surface area contributed by atoms with Crippen molar-refractivity contribution in [1.82, 2.24) is 14.1 Å². The molecule has 0 N–H and O–H groups in total. The summed E-state index contributed by atoms with van der Waals surface area (Å²) < 4.78 is 47.9. The van der Waals surface area contributed by atoms with Gasteiger partial charge in [0.1, 0.15) is 16.5 Å². The molecule has 1 atom stereocenters. The van der Waals surface area contributed by atoms with Crippen molar-refractivity contribution in [3.63, 3.8) is 0 Å². The molecule has 2 heterocycles. The second-order valence-electron chi connectivity index (χ2n) is 9.60. The molecule has 0 spiro atoms. The molecule has 11 heteroatoms. The van der Waals surface area contributed by atoms with Crippen molar-refractivity contribution in [2.24, 2.45) is 5.41 Å². The van der Waals surface area contributed by atoms with Crippen LogP contribution < -0.4 is 4.74 Å². The standard InChI is InChI=1S/C25H30Cl2FN3O4S/c1-29-12-14-30(15-13-29)23(32)16-25(18-35-20-8-6-19(28)7-9-20)10-3-11-31(17-25)36(33,34)22-5-2-4-21(26)24(22)27/h2,4-9H,3,10-18H2,1H3/t25-/m1/s1. The van der Waals surface area contributed by atoms with E-state index in [1.54, 1.807) is 6.07 Å². The van der Waals surface area contributed by atoms with Crippen LogP contribution in [0.15, 0.2) is 47.4 Å². The topological polar surface area (TPSA) is 70.2 Å². The van der Waals surface area contributed by atoms with Crippen LogP contribution in [0.5, 0.6) is 5.75 Å². The molecule has 2 aliphatic rings. The molecular formula is C25H30Cl2FN3O4S. The number of piperazine rings is 1. The number of piperidine rings is 1. The van der Waals surface area contributed by atoms with Crippen molar-refractivity contribution in [3.8, 4) is 5.75 Å². The van der Waals surface area contributed by atoms with E-state index < -0.39 is 15.4 Å². The summed E-state index contributed by atoms with van der Waals surface area (Å²) in [7, 11) is -1.94. The quantitative estimate of drug-likeness (QED) is 0.511. The van der Waals surface area contributed by atoms with Gasteiger partial charge in [0.25, 0.3) is 0 Å². The number of ether oxygens (including phenoxy) is 1. The van der Waals surface area contributed by atoms with Crippen LogP contribution >= 0.6 is 23.2 Å². The number of nitrogens with zero attached hydrogens (tertiary/aromatic N) is 3. The lowest BCUT2D eigenvalue weighted by Gasteiger charge is -2.43. The molecule has 0 bridgehead atoms. The van der Waals surface area contributed by atoms with Gasteiger partial charge in [-0.25, -0.2) is 12.8 Å². The maximum Gasteiger partial charge on any atom is 0.244 e. The Bertz CT molecular complexity index is 1190. The number of amides is 1. The van der Waals surface area contributed by atoms with E-state index in [0.717, 1.165) is 13.1 Å². The van der Waals surface area contributed by atoms with E-state index in [-0.39, 0.29) is 46.2 Å². The Morgan fingerprint density at radius 2 is 1.75 bits per heavy atom. The molecule has 2 aromatic carbocycles. The zero-order valence-corrected chi connectivity index (χ0v) is 22.5. The Kier molecular flexibility index (Phi) is 8.46. The van der Waals surface area contributed by atoms with Gasteiger partial charge in [-0.05, 0) is 56.3 Å². The van der Waals surface area contributed by atoms with Crippen molar-refractivity contribution < 1.29 is 22.3 Å². The van der Waals surface area contributed by atoms with Gasteiger partial charge in [-0.1, -0.05) is 29.3 Å². The minimum absolute atomic E-state index is 0.0218. The highest BCUT2D eigenvalue weighted by molar-refractivity contribution is 7.89. The molecule has 4 rings (SSSR count). The highest BCUT2D eigenvalue weighted by Gasteiger charge is 2.43. The summed E-state index contributed by atoms with van der Waals surface area (Å²) in [6.07, 6.45) is 1.32. The Labute approximate surface area is 221 Å². The first-order valence-electron chi connectivity index (χ1n) is 11.9. The summed E-state index contributed by atoms with van der Waals surface area (Å²) in [6, 6.07) is 10.2. The molecule has 2 fully saturated rings. The first kappa shape index (κ1) is 27.1. The third-order valence-electron chi connectivity index (χ3n) is 6.90. The van der Waals surface area contributed by atoms with E-state index in [0.29, 0.717) is 38.2 Å². The number of hydrogen-bond acceptors (Lipinski definition) is 5. The number of rotatable bonds is 7. The van der Waals surface area contributed by atoms with Gasteiger partial charge in [0.05, 0.1) is 16.7 Å². The van der Waals surface area contributed by atoms with Crippen molar-refractivity contribution in [2.45, 2.75) is 24.2 Å². The molecule has 2 aliphatic heterocycles. The number of sulfonamides is 1. The highest BCUT2D eigenvalue weighted by Crippen LogP contribution is 2.39. The average Bonchev–Trinajstić information content (AvgIpc) is 2.86. The minimum Gasteiger partial charge on any atom is -0.493 e. The third kappa shape index (κ3) is 6.14. The molecule has 2 saturated heterocycles. The first-order chi connectivity index (χ1) is 17.1. The predicted octanol–water partition coefficient (Wildman–Crippen LogP) is 4.15. The van der Waals surface area contributed by atoms with Crippen molar-refractivity contribution in [1.29, 1.82) is 0 Å². The van der Waals surface area contributed by atoms with Crippen LogP contribution in [0.3, 0.4) is 0 Å². The van der Waals surface area contributed by atoms with Crippen LogP contribution in [0.25, 0.3) is 0 Å². The smallest absolute Gasteiger partial charge is 0.244 e. The van der Waals surface area contributed by atoms with Crippen LogP contribution in [0.1, 0.15) is 19.3 Å². The van der Waals surface area contributed by atoms with Crippen LogP contribution in [0.2, 0.25) is 10.0 Å². The molecular weight excluding hydrogens is 528 g/mol. The summed E-state index contributed by atoms with van der Waals surface area (Å²) in [5.41, 5.74) is -0.759. The van der Waals surface area contributed by atoms with Crippen LogP contribution in [0.4, 0.5) is 4.39 Å². The van der Waals surface area contributed by atoms with Gasteiger partial charge in [0, 0.05) is 51.1 Å². The van der Waals surface area contributed by atoms with E-state index in [4.69, 9.17) is 27.9 Å². The number of carbonyl (C=O) groups excluding carboxylic acids is 1. The molecule has 7 nitrogen and oxygen atoms in total. The number of halogens is 3. The molecule has 196 valence electrons. The number of carbonyl (C=O) groups is 1. The molecule has 36 heavy (non-hydrogen) atoms. The molecule has 2 aromatic rings. The Hall–Kier alpha value is -1.91. The number of likely N-dealkylation sites (N-methyl/N-ethyl adjacent to an activating group) is 1. The van der Waals surface area contributed by atoms with Crippen molar-refractivity contribution >= 4 is 39.1 Å². The van der Waals surface area contributed by atoms with Crippen LogP contribution in [0, 0.1) is 11.2 Å². The predicted molar refractivity (Wildman–Crippen MR) is 137 cm³/mol. The molecule has 1 amide bonds. The third-order valence-corrected chi connectivity index (χ3v) is 9.72. The van der Waals surface area contributed by atoms with Gasteiger partial charge in [-0.3, -0.25) is 4.79 Å². The molecule has 0 saturated carbocycles. The highest BCUT2D eigenvalue weighted by atomic mass is 35.5. The zero-order valence-electron chi connectivity index (χ0n) is 20.1. The van der Waals surface area contributed by atoms with Gasteiger partial charge in [-0.2, -0.15) is 4.31 Å². The second-order valence-corrected chi connectivity index (χ2v) is 12.3. The lowest BCUT2D eigenvalue weighted by atomic mass is 9.78. The SMILES string of the molecule is CN1CCN(C(=O)C[C@]2(COc3ccc(F)cc3)CCCN(S(=O)(=O)c3cccc(Cl)c3Cl)C2)CC1. The lowest BCUT2D eigenvalue weighted by Crippen LogP contribution is -2.53. The Balaban J connectivity index is 1.59. The molecule has 0 radical (unpaired) electrons. The van der Waals surface area contributed by atoms with E-state index in [9.17, 15) is 17.6 Å². The molecule has 0 aromatic heterocycles. The molecule has 0 aliphatic carbocycles. The largest absolute Gasteiger partial charge is 0.493 e. The minimum atomic E-state index is -3.96. The fourth-order valence-electron chi connectivity index (χ4n) is 4.76. The summed E-state index contributed by atoms with van der Waals surface area (Å²) in [5, 5.41) is 0.136. The Morgan fingerprint density at radius 3 is 2.44 bits per heavy atom. The normalized spacial score (nSPS) is 21.9. The molecule has 0 unspecified atom stereocenters. The second kappa shape index (κ2) is 11.2. The van der Waals surface area contributed by atoms with E-state index in [1.807, 2.05) is 11.9 Å². The fourth-order valence-corrected chi connectivity index (χ4v) is 7.09. The summed E-state index contributed by atoms with van der Waals surface area (Å²) in [4.78, 5) is 17.3. The fraction of sp³-hybridized carbons (Fsp3) is 0.480.